The summed E-state index contributed by atoms with van der Waals surface area (Å²) in [7, 11) is 0. The summed E-state index contributed by atoms with van der Waals surface area (Å²) in [4.78, 5) is 4.46. The molecule has 0 radical (unpaired) electrons. The molecule has 0 saturated heterocycles. The van der Waals surface area contributed by atoms with Crippen LogP contribution in [0.25, 0.3) is 11.6 Å². The first-order valence-electron chi connectivity index (χ1n) is 9.14. The fraction of sp³-hybridized carbons (Fsp3) is 0.300. The standard InChI is InChI=1S/C20H21N5O2S/c1-14(2)11-17-21-18(27-24-17)13-28-20-23-22-19(16-9-6-10-26-16)25(20)12-15-7-4-3-5-8-15/h3-10,14H,11-13H2,1-2H3. The van der Waals surface area contributed by atoms with Gasteiger partial charge < -0.3 is 8.94 Å². The third-order valence-electron chi connectivity index (χ3n) is 4.07. The first-order chi connectivity index (χ1) is 13.7. The van der Waals surface area contributed by atoms with Crippen molar-refractivity contribution in [1.82, 2.24) is 24.9 Å². The highest BCUT2D eigenvalue weighted by Gasteiger charge is 2.18. The zero-order chi connectivity index (χ0) is 19.3. The zero-order valence-corrected chi connectivity index (χ0v) is 16.6. The SMILES string of the molecule is CC(C)Cc1noc(CSc2nnc(-c3ccco3)n2Cc2ccccc2)n1. The van der Waals surface area contributed by atoms with Crippen LogP contribution >= 0.6 is 11.8 Å². The minimum absolute atomic E-state index is 0.489. The summed E-state index contributed by atoms with van der Waals surface area (Å²) in [6, 6.07) is 13.9. The van der Waals surface area contributed by atoms with Crippen molar-refractivity contribution in [2.75, 3.05) is 0 Å². The number of benzene rings is 1. The zero-order valence-electron chi connectivity index (χ0n) is 15.8. The van der Waals surface area contributed by atoms with Gasteiger partial charge in [0.1, 0.15) is 0 Å². The Kier molecular flexibility index (Phi) is 5.57. The van der Waals surface area contributed by atoms with Crippen molar-refractivity contribution in [3.8, 4) is 11.6 Å². The van der Waals surface area contributed by atoms with Gasteiger partial charge >= 0.3 is 0 Å². The molecule has 0 spiro atoms. The van der Waals surface area contributed by atoms with Crippen LogP contribution in [-0.2, 0) is 18.7 Å². The fourth-order valence-electron chi connectivity index (χ4n) is 2.82. The number of hydrogen-bond acceptors (Lipinski definition) is 7. The molecule has 1 aromatic carbocycles. The fourth-order valence-corrected chi connectivity index (χ4v) is 3.59. The van der Waals surface area contributed by atoms with E-state index in [0.717, 1.165) is 23.0 Å². The molecule has 7 nitrogen and oxygen atoms in total. The molecule has 0 aliphatic carbocycles. The highest BCUT2D eigenvalue weighted by molar-refractivity contribution is 7.98. The van der Waals surface area contributed by atoms with Gasteiger partial charge in [-0.05, 0) is 23.6 Å². The van der Waals surface area contributed by atoms with E-state index in [1.165, 1.54) is 11.8 Å². The van der Waals surface area contributed by atoms with Gasteiger partial charge in [-0.1, -0.05) is 61.1 Å². The Hall–Kier alpha value is -2.87. The van der Waals surface area contributed by atoms with E-state index < -0.39 is 0 Å². The van der Waals surface area contributed by atoms with E-state index in [9.17, 15) is 0 Å². The van der Waals surface area contributed by atoms with E-state index in [4.69, 9.17) is 8.94 Å². The smallest absolute Gasteiger partial charge is 0.237 e. The van der Waals surface area contributed by atoms with Gasteiger partial charge in [-0.15, -0.1) is 10.2 Å². The lowest BCUT2D eigenvalue weighted by Crippen LogP contribution is -2.04. The molecule has 28 heavy (non-hydrogen) atoms. The molecule has 144 valence electrons. The molecule has 0 amide bonds. The van der Waals surface area contributed by atoms with Crippen LogP contribution in [0.3, 0.4) is 0 Å². The summed E-state index contributed by atoms with van der Waals surface area (Å²) in [6.45, 7) is 4.91. The summed E-state index contributed by atoms with van der Waals surface area (Å²) in [5.41, 5.74) is 1.16. The first-order valence-corrected chi connectivity index (χ1v) is 10.1. The topological polar surface area (TPSA) is 82.8 Å². The Labute approximate surface area is 167 Å². The molecule has 0 N–H and O–H groups in total. The molecule has 3 heterocycles. The van der Waals surface area contributed by atoms with Crippen LogP contribution in [-0.4, -0.2) is 24.9 Å². The Bertz CT molecular complexity index is 1010. The van der Waals surface area contributed by atoms with Crippen molar-refractivity contribution in [2.45, 2.75) is 37.7 Å². The molecule has 4 rings (SSSR count). The van der Waals surface area contributed by atoms with E-state index >= 15 is 0 Å². The Morgan fingerprint density at radius 3 is 2.68 bits per heavy atom. The molecule has 8 heteroatoms. The third-order valence-corrected chi connectivity index (χ3v) is 5.02. The van der Waals surface area contributed by atoms with Crippen molar-refractivity contribution < 1.29 is 8.94 Å². The molecule has 0 saturated carbocycles. The molecule has 0 aliphatic heterocycles. The van der Waals surface area contributed by atoms with Crippen LogP contribution < -0.4 is 0 Å². The van der Waals surface area contributed by atoms with Gasteiger partial charge in [-0.3, -0.25) is 4.57 Å². The number of furan rings is 1. The Balaban J connectivity index is 1.55. The molecule has 0 fully saturated rings. The van der Waals surface area contributed by atoms with Crippen LogP contribution in [0.5, 0.6) is 0 Å². The van der Waals surface area contributed by atoms with Crippen LogP contribution in [0, 0.1) is 5.92 Å². The van der Waals surface area contributed by atoms with Gasteiger partial charge in [-0.2, -0.15) is 4.98 Å². The van der Waals surface area contributed by atoms with Crippen LogP contribution in [0.15, 0.2) is 62.8 Å². The second-order valence-electron chi connectivity index (χ2n) is 6.85. The van der Waals surface area contributed by atoms with Crippen LogP contribution in [0.1, 0.15) is 31.1 Å². The molecule has 0 unspecified atom stereocenters. The second-order valence-corrected chi connectivity index (χ2v) is 7.79. The van der Waals surface area contributed by atoms with E-state index in [1.54, 1.807) is 6.26 Å². The largest absolute Gasteiger partial charge is 0.461 e. The number of hydrogen-bond donors (Lipinski definition) is 0. The van der Waals surface area contributed by atoms with E-state index in [1.807, 2.05) is 34.9 Å². The van der Waals surface area contributed by atoms with E-state index in [2.05, 4.69) is 46.3 Å². The first kappa shape index (κ1) is 18.5. The van der Waals surface area contributed by atoms with E-state index in [0.29, 0.717) is 35.7 Å². The summed E-state index contributed by atoms with van der Waals surface area (Å²) in [6.07, 6.45) is 2.44. The highest BCUT2D eigenvalue weighted by atomic mass is 32.2. The van der Waals surface area contributed by atoms with Crippen LogP contribution in [0.2, 0.25) is 0 Å². The maximum Gasteiger partial charge on any atom is 0.237 e. The molecule has 0 aliphatic rings. The van der Waals surface area contributed by atoms with Gasteiger partial charge in [0.05, 0.1) is 18.6 Å². The molecular weight excluding hydrogens is 374 g/mol. The maximum absolute atomic E-state index is 5.54. The Morgan fingerprint density at radius 2 is 1.93 bits per heavy atom. The number of rotatable bonds is 8. The molecule has 4 aromatic rings. The molecular formula is C20H21N5O2S. The predicted octanol–water partition coefficient (Wildman–Crippen LogP) is 4.46. The number of thioether (sulfide) groups is 1. The monoisotopic (exact) mass is 395 g/mol. The van der Waals surface area contributed by atoms with Gasteiger partial charge in [0.15, 0.2) is 16.7 Å². The van der Waals surface area contributed by atoms with E-state index in [-0.39, 0.29) is 0 Å². The van der Waals surface area contributed by atoms with Crippen molar-refractivity contribution in [1.29, 1.82) is 0 Å². The average Bonchev–Trinajstić information content (AvgIpc) is 3.42. The number of aromatic nitrogens is 5. The maximum atomic E-state index is 5.54. The normalized spacial score (nSPS) is 11.4. The summed E-state index contributed by atoms with van der Waals surface area (Å²) < 4.78 is 13.0. The van der Waals surface area contributed by atoms with Crippen molar-refractivity contribution >= 4 is 11.8 Å². The Morgan fingerprint density at radius 1 is 1.07 bits per heavy atom. The summed E-state index contributed by atoms with van der Waals surface area (Å²) in [5, 5.41) is 13.5. The third kappa shape index (κ3) is 4.33. The highest BCUT2D eigenvalue weighted by Crippen LogP contribution is 2.27. The number of nitrogens with zero attached hydrogens (tertiary/aromatic N) is 5. The van der Waals surface area contributed by atoms with Crippen LogP contribution in [0.4, 0.5) is 0 Å². The molecule has 0 atom stereocenters. The summed E-state index contributed by atoms with van der Waals surface area (Å²) in [5.74, 6) is 3.75. The van der Waals surface area contributed by atoms with Gasteiger partial charge in [0, 0.05) is 6.42 Å². The van der Waals surface area contributed by atoms with Crippen molar-refractivity contribution in [3.05, 3.63) is 66.0 Å². The lowest BCUT2D eigenvalue weighted by Gasteiger charge is -2.08. The minimum Gasteiger partial charge on any atom is -0.461 e. The minimum atomic E-state index is 0.489. The molecule has 0 bridgehead atoms. The lowest BCUT2D eigenvalue weighted by molar-refractivity contribution is 0.382. The van der Waals surface area contributed by atoms with Gasteiger partial charge in [0.2, 0.25) is 11.7 Å². The van der Waals surface area contributed by atoms with Gasteiger partial charge in [0.25, 0.3) is 0 Å². The van der Waals surface area contributed by atoms with Gasteiger partial charge in [-0.25, -0.2) is 0 Å². The average molecular weight is 395 g/mol. The summed E-state index contributed by atoms with van der Waals surface area (Å²) >= 11 is 1.52. The molecule has 3 aromatic heterocycles. The lowest BCUT2D eigenvalue weighted by atomic mass is 10.1. The second kappa shape index (κ2) is 8.43. The predicted molar refractivity (Wildman–Crippen MR) is 106 cm³/mol. The van der Waals surface area contributed by atoms with Crippen molar-refractivity contribution in [3.63, 3.8) is 0 Å². The van der Waals surface area contributed by atoms with Crippen molar-refractivity contribution in [2.24, 2.45) is 5.92 Å². The quantitative estimate of drug-likeness (QED) is 0.407.